The van der Waals surface area contributed by atoms with Gasteiger partial charge in [0.25, 0.3) is 0 Å². The summed E-state index contributed by atoms with van der Waals surface area (Å²) in [6, 6.07) is 19.5. The van der Waals surface area contributed by atoms with Crippen LogP contribution in [0.4, 0.5) is 0 Å². The molecule has 15 heavy (non-hydrogen) atoms. The molecule has 2 rings (SSSR count). The fourth-order valence-corrected chi connectivity index (χ4v) is 1.11. The monoisotopic (exact) mass is 218 g/mol. The molecule has 0 aliphatic heterocycles. The van der Waals surface area contributed by atoms with Gasteiger partial charge in [0.1, 0.15) is 11.5 Å². The van der Waals surface area contributed by atoms with E-state index >= 15 is 0 Å². The van der Waals surface area contributed by atoms with Crippen LogP contribution in [0.3, 0.4) is 0 Å². The summed E-state index contributed by atoms with van der Waals surface area (Å²) in [6.07, 6.45) is 0. The van der Waals surface area contributed by atoms with E-state index in [4.69, 9.17) is 4.74 Å². The van der Waals surface area contributed by atoms with Crippen molar-refractivity contribution >= 4 is 0 Å². The summed E-state index contributed by atoms with van der Waals surface area (Å²) in [5, 5.41) is 0. The van der Waals surface area contributed by atoms with Crippen LogP contribution < -0.4 is 63.9 Å². The molecule has 3 heteroatoms. The van der Waals surface area contributed by atoms with Crippen LogP contribution in [-0.2, 0) is 0 Å². The number of para-hydroxylation sites is 2. The first kappa shape index (κ1) is 15.2. The van der Waals surface area contributed by atoms with Crippen molar-refractivity contribution < 1.29 is 66.7 Å². The van der Waals surface area contributed by atoms with Crippen LogP contribution >= 0.6 is 0 Å². The molecular weight excluding hydrogens is 206 g/mol. The van der Waals surface area contributed by atoms with Gasteiger partial charge in [-0.05, 0) is 24.3 Å². The van der Waals surface area contributed by atoms with E-state index in [9.17, 15) is 0 Å². The van der Waals surface area contributed by atoms with Crippen molar-refractivity contribution in [1.82, 2.24) is 0 Å². The van der Waals surface area contributed by atoms with E-state index in [1.165, 1.54) is 0 Å². The number of rotatable bonds is 2. The maximum absolute atomic E-state index is 5.58. The second-order valence-corrected chi connectivity index (χ2v) is 2.73. The predicted molar refractivity (Wildman–Crippen MR) is 55.2 cm³/mol. The number of hydrogen-bond acceptors (Lipinski definition) is 1. The molecule has 0 saturated carbocycles. The third-order valence-electron chi connectivity index (χ3n) is 1.72. The van der Waals surface area contributed by atoms with Crippen molar-refractivity contribution in [3.8, 4) is 11.5 Å². The molecule has 2 aromatic carbocycles. The van der Waals surface area contributed by atoms with Crippen molar-refractivity contribution in [3.05, 3.63) is 60.7 Å². The van der Waals surface area contributed by atoms with Gasteiger partial charge in [0.2, 0.25) is 0 Å². The van der Waals surface area contributed by atoms with Crippen molar-refractivity contribution in [1.29, 1.82) is 0 Å². The van der Waals surface area contributed by atoms with Crippen LogP contribution in [0.2, 0.25) is 0 Å². The Labute approximate surface area is 137 Å². The van der Waals surface area contributed by atoms with Gasteiger partial charge in [-0.3, -0.25) is 0 Å². The maximum atomic E-state index is 5.58. The zero-order valence-electron chi connectivity index (χ0n) is 11.2. The maximum Gasteiger partial charge on any atom is 1.00 e. The van der Waals surface area contributed by atoms with E-state index in [2.05, 4.69) is 0 Å². The summed E-state index contributed by atoms with van der Waals surface area (Å²) in [5.74, 6) is 1.74. The van der Waals surface area contributed by atoms with Gasteiger partial charge in [-0.1, -0.05) is 36.4 Å². The second kappa shape index (κ2) is 8.40. The standard InChI is InChI=1S/C12H10O.2Na.2H/c1-3-7-11(8-4-1)13-12-9-5-2-6-10-12;;;;/h1-10H;;;;/q;2*+1;2*-1. The molecule has 0 radical (unpaired) electrons. The third kappa shape index (κ3) is 5.21. The molecule has 68 valence electrons. The van der Waals surface area contributed by atoms with E-state index in [1.54, 1.807) is 0 Å². The summed E-state index contributed by atoms with van der Waals surface area (Å²) in [4.78, 5) is 0. The zero-order valence-corrected chi connectivity index (χ0v) is 13.2. The fraction of sp³-hybridized carbons (Fsp3) is 0. The first-order valence-electron chi connectivity index (χ1n) is 4.23. The first-order chi connectivity index (χ1) is 6.45. The summed E-state index contributed by atoms with van der Waals surface area (Å²) in [5.41, 5.74) is 0. The molecule has 0 heterocycles. The minimum atomic E-state index is 0. The minimum absolute atomic E-state index is 0. The molecule has 0 spiro atoms. The van der Waals surface area contributed by atoms with Crippen LogP contribution in [0.25, 0.3) is 0 Å². The molecule has 0 aliphatic carbocycles. The molecule has 0 amide bonds. The average molecular weight is 218 g/mol. The third-order valence-corrected chi connectivity index (χ3v) is 1.72. The Kier molecular flexibility index (Phi) is 8.53. The fourth-order valence-electron chi connectivity index (χ4n) is 1.11. The minimum Gasteiger partial charge on any atom is -1.00 e. The van der Waals surface area contributed by atoms with Gasteiger partial charge in [0, 0.05) is 0 Å². The van der Waals surface area contributed by atoms with Gasteiger partial charge in [-0.15, -0.1) is 0 Å². The smallest absolute Gasteiger partial charge is 1.00 e. The van der Waals surface area contributed by atoms with Crippen LogP contribution in [-0.4, -0.2) is 0 Å². The molecule has 0 unspecified atom stereocenters. The van der Waals surface area contributed by atoms with E-state index in [0.29, 0.717) is 0 Å². The van der Waals surface area contributed by atoms with Crippen molar-refractivity contribution in [2.24, 2.45) is 0 Å². The molecule has 0 N–H and O–H groups in total. The van der Waals surface area contributed by atoms with Crippen molar-refractivity contribution in [2.45, 2.75) is 0 Å². The molecule has 0 bridgehead atoms. The average Bonchev–Trinajstić information content (AvgIpc) is 2.21. The Bertz CT molecular complexity index is 333. The van der Waals surface area contributed by atoms with E-state index in [0.717, 1.165) is 11.5 Å². The van der Waals surface area contributed by atoms with Gasteiger partial charge >= 0.3 is 59.1 Å². The first-order valence-corrected chi connectivity index (χ1v) is 4.23. The molecule has 0 aromatic heterocycles. The predicted octanol–water partition coefficient (Wildman–Crippen LogP) is -2.29. The van der Waals surface area contributed by atoms with Gasteiger partial charge in [0.05, 0.1) is 0 Å². The number of ether oxygens (including phenoxy) is 1. The van der Waals surface area contributed by atoms with Crippen molar-refractivity contribution in [3.63, 3.8) is 0 Å². The van der Waals surface area contributed by atoms with Crippen molar-refractivity contribution in [2.75, 3.05) is 0 Å². The molecule has 0 saturated heterocycles. The SMILES string of the molecule is [H-].[H-].[Na+].[Na+].c1ccc(Oc2ccccc2)cc1. The molecule has 1 nitrogen and oxygen atoms in total. The van der Waals surface area contributed by atoms with Gasteiger partial charge in [-0.25, -0.2) is 0 Å². The quantitative estimate of drug-likeness (QED) is 0.516. The van der Waals surface area contributed by atoms with Gasteiger partial charge in [0.15, 0.2) is 0 Å². The van der Waals surface area contributed by atoms with E-state index < -0.39 is 0 Å². The van der Waals surface area contributed by atoms with Gasteiger partial charge in [-0.2, -0.15) is 0 Å². The zero-order chi connectivity index (χ0) is 8.93. The summed E-state index contributed by atoms with van der Waals surface area (Å²) >= 11 is 0. The number of benzene rings is 2. The molecule has 2 aromatic rings. The Hall–Kier alpha value is 0.240. The molecular formula is C12H12Na2O. The largest absolute Gasteiger partial charge is 1.00 e. The van der Waals surface area contributed by atoms with Gasteiger partial charge < -0.3 is 7.59 Å². The molecule has 0 aliphatic rings. The second-order valence-electron chi connectivity index (χ2n) is 2.73. The number of hydrogen-bond donors (Lipinski definition) is 0. The summed E-state index contributed by atoms with van der Waals surface area (Å²) in [6.45, 7) is 0. The Morgan fingerprint density at radius 3 is 1.27 bits per heavy atom. The van der Waals surface area contributed by atoms with Crippen LogP contribution in [0.15, 0.2) is 60.7 Å². The summed E-state index contributed by atoms with van der Waals surface area (Å²) < 4.78 is 5.58. The Balaban J connectivity index is -0.000000490. The van der Waals surface area contributed by atoms with Crippen LogP contribution in [0.1, 0.15) is 2.85 Å². The van der Waals surface area contributed by atoms with Crippen LogP contribution in [0.5, 0.6) is 11.5 Å². The normalized spacial score (nSPS) is 8.27. The van der Waals surface area contributed by atoms with E-state index in [-0.39, 0.29) is 62.0 Å². The van der Waals surface area contributed by atoms with Crippen LogP contribution in [0, 0.1) is 0 Å². The Morgan fingerprint density at radius 2 is 0.933 bits per heavy atom. The van der Waals surface area contributed by atoms with E-state index in [1.807, 2.05) is 60.7 Å². The molecule has 0 atom stereocenters. The summed E-state index contributed by atoms with van der Waals surface area (Å²) in [7, 11) is 0. The Morgan fingerprint density at radius 1 is 0.600 bits per heavy atom. The topological polar surface area (TPSA) is 9.23 Å². The molecule has 0 fully saturated rings.